The molecule has 0 bridgehead atoms. The minimum absolute atomic E-state index is 0.647. The summed E-state index contributed by atoms with van der Waals surface area (Å²) in [5.41, 5.74) is 0.958. The van der Waals surface area contributed by atoms with Crippen molar-refractivity contribution in [3.8, 4) is 0 Å². The zero-order chi connectivity index (χ0) is 14.1. The summed E-state index contributed by atoms with van der Waals surface area (Å²) in [6.45, 7) is 5.60. The molecule has 2 aromatic heterocycles. The van der Waals surface area contributed by atoms with Crippen molar-refractivity contribution in [3.05, 3.63) is 18.6 Å². The van der Waals surface area contributed by atoms with Crippen molar-refractivity contribution in [2.75, 3.05) is 23.8 Å². The molecule has 3 rings (SSSR count). The van der Waals surface area contributed by atoms with Gasteiger partial charge in [0.2, 0.25) is 0 Å². The zero-order valence-electron chi connectivity index (χ0n) is 12.5. The van der Waals surface area contributed by atoms with Gasteiger partial charge in [0.15, 0.2) is 11.5 Å². The van der Waals surface area contributed by atoms with Crippen LogP contribution in [0, 0.1) is 5.92 Å². The Bertz CT molecular complexity index is 585. The van der Waals surface area contributed by atoms with Crippen molar-refractivity contribution in [2.24, 2.45) is 5.92 Å². The van der Waals surface area contributed by atoms with Crippen LogP contribution in [0.15, 0.2) is 18.6 Å². The normalized spacial score (nSPS) is 15.0. The van der Waals surface area contributed by atoms with Gasteiger partial charge < -0.3 is 14.6 Å². The zero-order valence-corrected chi connectivity index (χ0v) is 12.5. The van der Waals surface area contributed by atoms with Gasteiger partial charge in [-0.15, -0.1) is 0 Å². The van der Waals surface area contributed by atoms with Crippen LogP contribution < -0.4 is 10.2 Å². The first kappa shape index (κ1) is 13.2. The Morgan fingerprint density at radius 3 is 2.90 bits per heavy atom. The lowest BCUT2D eigenvalue weighted by Crippen LogP contribution is -2.29. The Labute approximate surface area is 120 Å². The van der Waals surface area contributed by atoms with Crippen LogP contribution in [0.1, 0.15) is 33.1 Å². The Kier molecular flexibility index (Phi) is 3.51. The summed E-state index contributed by atoms with van der Waals surface area (Å²) in [4.78, 5) is 11.7. The molecular weight excluding hydrogens is 250 g/mol. The van der Waals surface area contributed by atoms with E-state index in [-0.39, 0.29) is 0 Å². The van der Waals surface area contributed by atoms with Gasteiger partial charge in [-0.25, -0.2) is 9.97 Å². The van der Waals surface area contributed by atoms with E-state index in [9.17, 15) is 0 Å². The molecule has 1 fully saturated rings. The number of fused-ring (bicyclic) bond motifs is 1. The molecule has 0 radical (unpaired) electrons. The average molecular weight is 273 g/mol. The number of hydrogen-bond acceptors (Lipinski definition) is 4. The first-order valence-corrected chi connectivity index (χ1v) is 7.47. The van der Waals surface area contributed by atoms with Gasteiger partial charge in [0, 0.05) is 32.0 Å². The molecule has 2 aromatic rings. The molecule has 0 aromatic carbocycles. The Hall–Kier alpha value is -1.78. The summed E-state index contributed by atoms with van der Waals surface area (Å²) in [7, 11) is 1.91. The number of nitrogens with one attached hydrogen (secondary N) is 1. The van der Waals surface area contributed by atoms with Crippen LogP contribution in [-0.4, -0.2) is 34.0 Å². The van der Waals surface area contributed by atoms with Gasteiger partial charge in [-0.05, 0) is 25.2 Å². The predicted molar refractivity (Wildman–Crippen MR) is 82.4 cm³/mol. The molecule has 1 aliphatic rings. The van der Waals surface area contributed by atoms with Crippen molar-refractivity contribution < 1.29 is 0 Å². The number of anilines is 2. The maximum Gasteiger partial charge on any atom is 0.180 e. The molecule has 1 saturated carbocycles. The van der Waals surface area contributed by atoms with Crippen molar-refractivity contribution in [1.29, 1.82) is 0 Å². The minimum Gasteiger partial charge on any atom is -0.372 e. The SMILES string of the molecule is CNc1cn2ccnc2c(N(CCC(C)C)C2CC2)n1. The van der Waals surface area contributed by atoms with E-state index in [0.29, 0.717) is 12.0 Å². The highest BCUT2D eigenvalue weighted by atomic mass is 15.3. The highest BCUT2D eigenvalue weighted by Crippen LogP contribution is 2.33. The smallest absolute Gasteiger partial charge is 0.180 e. The molecule has 0 amide bonds. The van der Waals surface area contributed by atoms with E-state index in [4.69, 9.17) is 4.98 Å². The molecule has 0 saturated heterocycles. The monoisotopic (exact) mass is 273 g/mol. The predicted octanol–water partition coefficient (Wildman–Crippen LogP) is 2.79. The fraction of sp³-hybridized carbons (Fsp3) is 0.600. The van der Waals surface area contributed by atoms with Gasteiger partial charge in [0.25, 0.3) is 0 Å². The minimum atomic E-state index is 0.647. The van der Waals surface area contributed by atoms with Crippen LogP contribution in [0.4, 0.5) is 11.6 Å². The van der Waals surface area contributed by atoms with Crippen molar-refractivity contribution in [3.63, 3.8) is 0 Å². The summed E-state index contributed by atoms with van der Waals surface area (Å²) in [5.74, 6) is 2.62. The molecule has 0 spiro atoms. The third-order valence-electron chi connectivity index (χ3n) is 3.82. The Balaban J connectivity index is 1.98. The summed E-state index contributed by atoms with van der Waals surface area (Å²) in [5, 5.41) is 3.14. The highest BCUT2D eigenvalue weighted by molar-refractivity contribution is 5.67. The fourth-order valence-corrected chi connectivity index (χ4v) is 2.47. The largest absolute Gasteiger partial charge is 0.372 e. The maximum atomic E-state index is 4.76. The molecule has 5 nitrogen and oxygen atoms in total. The van der Waals surface area contributed by atoms with Crippen molar-refractivity contribution >= 4 is 17.3 Å². The highest BCUT2D eigenvalue weighted by Gasteiger charge is 2.31. The van der Waals surface area contributed by atoms with Crippen LogP contribution in [0.2, 0.25) is 0 Å². The quantitative estimate of drug-likeness (QED) is 0.879. The number of hydrogen-bond donors (Lipinski definition) is 1. The van der Waals surface area contributed by atoms with Gasteiger partial charge in [-0.3, -0.25) is 0 Å². The third-order valence-corrected chi connectivity index (χ3v) is 3.82. The molecule has 108 valence electrons. The third kappa shape index (κ3) is 2.57. The number of imidazole rings is 1. The molecule has 5 heteroatoms. The summed E-state index contributed by atoms with van der Waals surface area (Å²) < 4.78 is 2.05. The summed E-state index contributed by atoms with van der Waals surface area (Å²) in [6.07, 6.45) is 9.55. The molecule has 0 aliphatic heterocycles. The van der Waals surface area contributed by atoms with Crippen LogP contribution in [0.3, 0.4) is 0 Å². The molecule has 0 unspecified atom stereocenters. The lowest BCUT2D eigenvalue weighted by Gasteiger charge is -2.25. The average Bonchev–Trinajstić information content (AvgIpc) is 3.15. The van der Waals surface area contributed by atoms with Crippen LogP contribution in [0.25, 0.3) is 5.65 Å². The number of rotatable bonds is 6. The van der Waals surface area contributed by atoms with Crippen LogP contribution >= 0.6 is 0 Å². The topological polar surface area (TPSA) is 45.5 Å². The molecule has 1 aliphatic carbocycles. The Morgan fingerprint density at radius 1 is 1.45 bits per heavy atom. The molecule has 0 atom stereocenters. The van der Waals surface area contributed by atoms with E-state index in [2.05, 4.69) is 33.4 Å². The van der Waals surface area contributed by atoms with E-state index < -0.39 is 0 Å². The van der Waals surface area contributed by atoms with E-state index in [1.165, 1.54) is 19.3 Å². The lowest BCUT2D eigenvalue weighted by molar-refractivity contribution is 0.569. The molecule has 20 heavy (non-hydrogen) atoms. The van der Waals surface area contributed by atoms with Gasteiger partial charge in [0.1, 0.15) is 5.82 Å². The standard InChI is InChI=1S/C15H23N5/c1-11(2)6-8-20(12-4-5-12)15-14-17-7-9-19(14)10-13(16-3)18-15/h7,9-12,16H,4-6,8H2,1-3H3. The van der Waals surface area contributed by atoms with E-state index in [1.54, 1.807) is 0 Å². The van der Waals surface area contributed by atoms with Crippen LogP contribution in [-0.2, 0) is 0 Å². The molecule has 1 N–H and O–H groups in total. The first-order chi connectivity index (χ1) is 9.69. The molecular formula is C15H23N5. The van der Waals surface area contributed by atoms with Crippen molar-refractivity contribution in [1.82, 2.24) is 14.4 Å². The summed E-state index contributed by atoms with van der Waals surface area (Å²) in [6, 6.07) is 0.647. The Morgan fingerprint density at radius 2 is 2.25 bits per heavy atom. The van der Waals surface area contributed by atoms with Gasteiger partial charge in [-0.1, -0.05) is 13.8 Å². The van der Waals surface area contributed by atoms with Gasteiger partial charge in [0.05, 0.1) is 6.20 Å². The second-order valence-electron chi connectivity index (χ2n) is 5.96. The number of aromatic nitrogens is 3. The van der Waals surface area contributed by atoms with E-state index >= 15 is 0 Å². The lowest BCUT2D eigenvalue weighted by atomic mass is 10.1. The fourth-order valence-electron chi connectivity index (χ4n) is 2.47. The van der Waals surface area contributed by atoms with E-state index in [1.807, 2.05) is 25.6 Å². The van der Waals surface area contributed by atoms with Gasteiger partial charge in [-0.2, -0.15) is 0 Å². The van der Waals surface area contributed by atoms with Crippen LogP contribution in [0.5, 0.6) is 0 Å². The van der Waals surface area contributed by atoms with E-state index in [0.717, 1.165) is 23.8 Å². The van der Waals surface area contributed by atoms with Crippen molar-refractivity contribution in [2.45, 2.75) is 39.2 Å². The second-order valence-corrected chi connectivity index (χ2v) is 5.96. The summed E-state index contributed by atoms with van der Waals surface area (Å²) >= 11 is 0. The second kappa shape index (κ2) is 5.31. The number of nitrogens with zero attached hydrogens (tertiary/aromatic N) is 4. The molecule has 2 heterocycles. The maximum absolute atomic E-state index is 4.76. The van der Waals surface area contributed by atoms with Gasteiger partial charge >= 0.3 is 0 Å². The first-order valence-electron chi connectivity index (χ1n) is 7.47.